The lowest BCUT2D eigenvalue weighted by Crippen LogP contribution is -2.24. The Hall–Kier alpha value is -0.750. The number of ether oxygens (including phenoxy) is 1. The van der Waals surface area contributed by atoms with E-state index in [9.17, 15) is 13.2 Å². The number of rotatable bonds is 5. The highest BCUT2D eigenvalue weighted by Crippen LogP contribution is 2.28. The molecule has 0 aliphatic rings. The third kappa shape index (κ3) is 4.86. The second-order valence-electron chi connectivity index (χ2n) is 3.93. The summed E-state index contributed by atoms with van der Waals surface area (Å²) in [6.45, 7) is 1.74. The first-order valence-electron chi connectivity index (χ1n) is 5.47. The summed E-state index contributed by atoms with van der Waals surface area (Å²) < 4.78 is 41.9. The molecule has 0 aliphatic heterocycles. The maximum atomic E-state index is 12.0. The van der Waals surface area contributed by atoms with Gasteiger partial charge in [-0.25, -0.2) is 0 Å². The van der Waals surface area contributed by atoms with E-state index in [-0.39, 0.29) is 12.6 Å². The van der Waals surface area contributed by atoms with E-state index in [0.29, 0.717) is 5.75 Å². The van der Waals surface area contributed by atoms with Gasteiger partial charge in [0.15, 0.2) is 0 Å². The van der Waals surface area contributed by atoms with E-state index in [1.54, 1.807) is 13.2 Å². The van der Waals surface area contributed by atoms with E-state index in [4.69, 9.17) is 4.74 Å². The third-order valence-electron chi connectivity index (χ3n) is 2.53. The molecular weight excluding hydrogens is 311 g/mol. The van der Waals surface area contributed by atoms with Gasteiger partial charge in [0.2, 0.25) is 0 Å². The van der Waals surface area contributed by atoms with Gasteiger partial charge in [-0.3, -0.25) is 0 Å². The second-order valence-corrected chi connectivity index (χ2v) is 4.79. The maximum Gasteiger partial charge on any atom is 0.390 e. The average Bonchev–Trinajstić information content (AvgIpc) is 2.27. The largest absolute Gasteiger partial charge is 0.496 e. The Morgan fingerprint density at radius 3 is 2.56 bits per heavy atom. The quantitative estimate of drug-likeness (QED) is 0.881. The van der Waals surface area contributed by atoms with Crippen LogP contribution in [0.5, 0.6) is 5.75 Å². The van der Waals surface area contributed by atoms with Gasteiger partial charge in [-0.05, 0) is 40.5 Å². The summed E-state index contributed by atoms with van der Waals surface area (Å²) in [7, 11) is 1.56. The summed E-state index contributed by atoms with van der Waals surface area (Å²) in [5, 5.41) is 2.84. The average molecular weight is 326 g/mol. The smallest absolute Gasteiger partial charge is 0.390 e. The molecule has 0 fully saturated rings. The van der Waals surface area contributed by atoms with Crippen molar-refractivity contribution in [1.29, 1.82) is 0 Å². The Morgan fingerprint density at radius 2 is 2.06 bits per heavy atom. The predicted octanol–water partition coefficient (Wildman–Crippen LogP) is 4.06. The molecule has 0 aliphatic carbocycles. The summed E-state index contributed by atoms with van der Waals surface area (Å²) in [4.78, 5) is 0. The van der Waals surface area contributed by atoms with Gasteiger partial charge in [-0.2, -0.15) is 13.2 Å². The minimum absolute atomic E-state index is 0.0890. The summed E-state index contributed by atoms with van der Waals surface area (Å²) in [5.74, 6) is 0.696. The van der Waals surface area contributed by atoms with Gasteiger partial charge in [0.05, 0.1) is 18.0 Å². The molecule has 6 heteroatoms. The van der Waals surface area contributed by atoms with Crippen LogP contribution >= 0.6 is 15.9 Å². The first kappa shape index (κ1) is 15.3. The van der Waals surface area contributed by atoms with Crippen LogP contribution in [0.3, 0.4) is 0 Å². The Morgan fingerprint density at radius 1 is 1.39 bits per heavy atom. The van der Waals surface area contributed by atoms with Crippen molar-refractivity contribution < 1.29 is 17.9 Å². The van der Waals surface area contributed by atoms with Crippen molar-refractivity contribution in [3.05, 3.63) is 28.2 Å². The second kappa shape index (κ2) is 6.43. The van der Waals surface area contributed by atoms with Crippen molar-refractivity contribution >= 4 is 15.9 Å². The molecule has 2 nitrogen and oxygen atoms in total. The lowest BCUT2D eigenvalue weighted by atomic mass is 10.1. The Balaban J connectivity index is 2.56. The molecule has 18 heavy (non-hydrogen) atoms. The first-order chi connectivity index (χ1) is 8.33. The number of alkyl halides is 3. The molecule has 0 spiro atoms. The molecular formula is C12H15BrF3NO. The fourth-order valence-electron chi connectivity index (χ4n) is 1.50. The van der Waals surface area contributed by atoms with Crippen LogP contribution in [0.1, 0.15) is 24.9 Å². The van der Waals surface area contributed by atoms with E-state index in [1.807, 2.05) is 19.1 Å². The molecule has 0 bridgehead atoms. The minimum Gasteiger partial charge on any atom is -0.496 e. The highest BCUT2D eigenvalue weighted by atomic mass is 79.9. The van der Waals surface area contributed by atoms with Gasteiger partial charge < -0.3 is 10.1 Å². The minimum atomic E-state index is -4.12. The molecule has 0 heterocycles. The highest BCUT2D eigenvalue weighted by molar-refractivity contribution is 9.10. The number of methoxy groups -OCH3 is 1. The number of nitrogens with one attached hydrogen (secondary N) is 1. The van der Waals surface area contributed by atoms with Crippen molar-refractivity contribution in [2.24, 2.45) is 0 Å². The van der Waals surface area contributed by atoms with Crippen LogP contribution in [0.4, 0.5) is 13.2 Å². The zero-order valence-electron chi connectivity index (χ0n) is 10.1. The summed E-state index contributed by atoms with van der Waals surface area (Å²) in [6.07, 6.45) is -4.94. The van der Waals surface area contributed by atoms with Gasteiger partial charge in [-0.15, -0.1) is 0 Å². The normalized spacial score (nSPS) is 13.4. The topological polar surface area (TPSA) is 21.3 Å². The van der Waals surface area contributed by atoms with Crippen molar-refractivity contribution in [2.75, 3.05) is 13.7 Å². The number of hydrogen-bond acceptors (Lipinski definition) is 2. The molecule has 1 atom stereocenters. The van der Waals surface area contributed by atoms with Crippen LogP contribution in [-0.2, 0) is 0 Å². The van der Waals surface area contributed by atoms with E-state index in [0.717, 1.165) is 10.0 Å². The van der Waals surface area contributed by atoms with Crippen molar-refractivity contribution in [1.82, 2.24) is 5.32 Å². The molecule has 1 unspecified atom stereocenters. The van der Waals surface area contributed by atoms with Crippen LogP contribution in [0.15, 0.2) is 22.7 Å². The summed E-state index contributed by atoms with van der Waals surface area (Å²) in [6, 6.07) is 5.30. The molecule has 0 radical (unpaired) electrons. The van der Waals surface area contributed by atoms with Crippen LogP contribution < -0.4 is 10.1 Å². The predicted molar refractivity (Wildman–Crippen MR) is 67.8 cm³/mol. The third-order valence-corrected chi connectivity index (χ3v) is 3.15. The SMILES string of the molecule is COc1ccc(C(C)NCCC(F)(F)F)cc1Br. The van der Waals surface area contributed by atoms with Crippen molar-refractivity contribution in [3.63, 3.8) is 0 Å². The monoisotopic (exact) mass is 325 g/mol. The molecule has 0 saturated carbocycles. The molecule has 102 valence electrons. The zero-order valence-corrected chi connectivity index (χ0v) is 11.7. The van der Waals surface area contributed by atoms with E-state index < -0.39 is 12.6 Å². The van der Waals surface area contributed by atoms with E-state index in [1.165, 1.54) is 0 Å². The van der Waals surface area contributed by atoms with Crippen LogP contribution in [-0.4, -0.2) is 19.8 Å². The van der Waals surface area contributed by atoms with Crippen LogP contribution in [0.25, 0.3) is 0 Å². The lowest BCUT2D eigenvalue weighted by Gasteiger charge is -2.16. The van der Waals surface area contributed by atoms with Gasteiger partial charge in [0.25, 0.3) is 0 Å². The van der Waals surface area contributed by atoms with E-state index >= 15 is 0 Å². The number of benzene rings is 1. The fraction of sp³-hybridized carbons (Fsp3) is 0.500. The summed E-state index contributed by atoms with van der Waals surface area (Å²) >= 11 is 3.34. The van der Waals surface area contributed by atoms with E-state index in [2.05, 4.69) is 21.2 Å². The van der Waals surface area contributed by atoms with Gasteiger partial charge in [-0.1, -0.05) is 6.07 Å². The molecule has 0 saturated heterocycles. The van der Waals surface area contributed by atoms with Gasteiger partial charge >= 0.3 is 6.18 Å². The standard InChI is InChI=1S/C12H15BrF3NO/c1-8(17-6-5-12(14,15)16)9-3-4-11(18-2)10(13)7-9/h3-4,7-8,17H,5-6H2,1-2H3. The number of hydrogen-bond donors (Lipinski definition) is 1. The Kier molecular flexibility index (Phi) is 5.47. The zero-order chi connectivity index (χ0) is 13.8. The Labute approximate surface area is 113 Å². The molecule has 1 rings (SSSR count). The Bertz CT molecular complexity index is 395. The van der Waals surface area contributed by atoms with Crippen molar-refractivity contribution in [2.45, 2.75) is 25.6 Å². The molecule has 1 aromatic carbocycles. The lowest BCUT2D eigenvalue weighted by molar-refractivity contribution is -0.133. The van der Waals surface area contributed by atoms with Gasteiger partial charge in [0.1, 0.15) is 5.75 Å². The molecule has 1 aromatic rings. The molecule has 0 amide bonds. The highest BCUT2D eigenvalue weighted by Gasteiger charge is 2.26. The summed E-state index contributed by atoms with van der Waals surface area (Å²) in [5.41, 5.74) is 0.907. The maximum absolute atomic E-state index is 12.0. The van der Waals surface area contributed by atoms with Crippen molar-refractivity contribution in [3.8, 4) is 5.75 Å². The van der Waals surface area contributed by atoms with Crippen LogP contribution in [0.2, 0.25) is 0 Å². The molecule has 0 aromatic heterocycles. The number of halogens is 4. The molecule has 1 N–H and O–H groups in total. The first-order valence-corrected chi connectivity index (χ1v) is 6.26. The van der Waals surface area contributed by atoms with Gasteiger partial charge in [0, 0.05) is 12.6 Å². The van der Waals surface area contributed by atoms with Crippen LogP contribution in [0, 0.1) is 0 Å². The fourth-order valence-corrected chi connectivity index (χ4v) is 2.06.